The van der Waals surface area contributed by atoms with Gasteiger partial charge in [-0.25, -0.2) is 4.98 Å². The maximum atomic E-state index is 6.10. The summed E-state index contributed by atoms with van der Waals surface area (Å²) < 4.78 is 0. The number of rotatable bonds is 3. The van der Waals surface area contributed by atoms with Crippen molar-refractivity contribution in [1.82, 2.24) is 9.97 Å². The Bertz CT molecular complexity index is 800. The van der Waals surface area contributed by atoms with E-state index in [0.29, 0.717) is 22.4 Å². The van der Waals surface area contributed by atoms with E-state index in [4.69, 9.17) is 34.8 Å². The van der Waals surface area contributed by atoms with Crippen molar-refractivity contribution < 1.29 is 0 Å². The van der Waals surface area contributed by atoms with Crippen LogP contribution in [0.2, 0.25) is 15.2 Å². The number of fused-ring (bicyclic) bond motifs is 1. The SMILES string of the molecule is Clc1cc(Cl)c(NCc2cccc3cccnc23)nc1Cl. The van der Waals surface area contributed by atoms with E-state index in [1.807, 2.05) is 30.3 Å². The van der Waals surface area contributed by atoms with E-state index in [-0.39, 0.29) is 5.15 Å². The number of para-hydroxylation sites is 1. The molecule has 0 fully saturated rings. The topological polar surface area (TPSA) is 37.8 Å². The molecule has 0 amide bonds. The molecule has 2 heterocycles. The highest BCUT2D eigenvalue weighted by Gasteiger charge is 2.08. The number of anilines is 1. The molecule has 0 saturated heterocycles. The lowest BCUT2D eigenvalue weighted by Crippen LogP contribution is -2.03. The molecule has 0 bridgehead atoms. The number of pyridine rings is 2. The van der Waals surface area contributed by atoms with E-state index in [1.54, 1.807) is 12.3 Å². The van der Waals surface area contributed by atoms with Gasteiger partial charge in [0.1, 0.15) is 11.0 Å². The Balaban J connectivity index is 1.89. The van der Waals surface area contributed by atoms with Crippen molar-refractivity contribution in [3.05, 3.63) is 63.4 Å². The fourth-order valence-electron chi connectivity index (χ4n) is 2.06. The smallest absolute Gasteiger partial charge is 0.150 e. The minimum absolute atomic E-state index is 0.222. The Hall–Kier alpha value is -1.55. The van der Waals surface area contributed by atoms with Gasteiger partial charge in [-0.15, -0.1) is 0 Å². The third kappa shape index (κ3) is 3.05. The van der Waals surface area contributed by atoms with Crippen molar-refractivity contribution in [1.29, 1.82) is 0 Å². The standard InChI is InChI=1S/C15H10Cl3N3/c16-11-7-12(17)15(21-14(11)18)20-8-10-4-1-3-9-5-2-6-19-13(9)10/h1-7H,8H2,(H,20,21). The summed E-state index contributed by atoms with van der Waals surface area (Å²) in [6.45, 7) is 0.541. The van der Waals surface area contributed by atoms with Gasteiger partial charge in [0.2, 0.25) is 0 Å². The molecule has 0 saturated carbocycles. The molecule has 0 aliphatic rings. The van der Waals surface area contributed by atoms with Gasteiger partial charge in [0.15, 0.2) is 0 Å². The van der Waals surface area contributed by atoms with Gasteiger partial charge in [0.05, 0.1) is 15.6 Å². The number of halogens is 3. The lowest BCUT2D eigenvalue weighted by atomic mass is 10.1. The van der Waals surface area contributed by atoms with Gasteiger partial charge in [-0.3, -0.25) is 4.98 Å². The Morgan fingerprint density at radius 1 is 1.00 bits per heavy atom. The molecule has 3 nitrogen and oxygen atoms in total. The predicted octanol–water partition coefficient (Wildman–Crippen LogP) is 5.20. The van der Waals surface area contributed by atoms with Crippen LogP contribution in [0.1, 0.15) is 5.56 Å². The molecule has 3 aromatic rings. The lowest BCUT2D eigenvalue weighted by molar-refractivity contribution is 1.12. The summed E-state index contributed by atoms with van der Waals surface area (Å²) in [7, 11) is 0. The van der Waals surface area contributed by atoms with Crippen molar-refractivity contribution in [2.45, 2.75) is 6.54 Å². The van der Waals surface area contributed by atoms with Gasteiger partial charge in [0, 0.05) is 18.1 Å². The number of aromatic nitrogens is 2. The summed E-state index contributed by atoms with van der Waals surface area (Å²) in [4.78, 5) is 8.54. The highest BCUT2D eigenvalue weighted by atomic mass is 35.5. The summed E-state index contributed by atoms with van der Waals surface area (Å²) in [5.74, 6) is 0.499. The first-order chi connectivity index (χ1) is 10.1. The van der Waals surface area contributed by atoms with Gasteiger partial charge in [-0.2, -0.15) is 0 Å². The van der Waals surface area contributed by atoms with Crippen LogP contribution in [0.25, 0.3) is 10.9 Å². The van der Waals surface area contributed by atoms with Crippen molar-refractivity contribution in [2.75, 3.05) is 5.32 Å². The van der Waals surface area contributed by atoms with E-state index in [9.17, 15) is 0 Å². The molecule has 106 valence electrons. The quantitative estimate of drug-likeness (QED) is 0.667. The van der Waals surface area contributed by atoms with Crippen LogP contribution in [0.5, 0.6) is 0 Å². The van der Waals surface area contributed by atoms with Gasteiger partial charge >= 0.3 is 0 Å². The number of nitrogens with one attached hydrogen (secondary N) is 1. The van der Waals surface area contributed by atoms with Crippen LogP contribution < -0.4 is 5.32 Å². The Labute approximate surface area is 136 Å². The van der Waals surface area contributed by atoms with Gasteiger partial charge in [-0.05, 0) is 17.7 Å². The first kappa shape index (κ1) is 14.4. The molecule has 2 aromatic heterocycles. The van der Waals surface area contributed by atoms with Crippen LogP contribution in [0.15, 0.2) is 42.6 Å². The number of hydrogen-bond donors (Lipinski definition) is 1. The monoisotopic (exact) mass is 337 g/mol. The zero-order chi connectivity index (χ0) is 14.8. The Morgan fingerprint density at radius 3 is 2.67 bits per heavy atom. The minimum atomic E-state index is 0.222. The highest BCUT2D eigenvalue weighted by Crippen LogP contribution is 2.29. The normalized spacial score (nSPS) is 10.8. The molecule has 6 heteroatoms. The average molecular weight is 339 g/mol. The maximum absolute atomic E-state index is 6.10. The van der Waals surface area contributed by atoms with Gasteiger partial charge in [0.25, 0.3) is 0 Å². The van der Waals surface area contributed by atoms with Crippen molar-refractivity contribution in [3.8, 4) is 0 Å². The molecule has 0 radical (unpaired) electrons. The molecule has 1 N–H and O–H groups in total. The highest BCUT2D eigenvalue weighted by molar-refractivity contribution is 6.42. The van der Waals surface area contributed by atoms with Crippen LogP contribution in [0, 0.1) is 0 Å². The first-order valence-electron chi connectivity index (χ1n) is 6.23. The third-order valence-corrected chi connectivity index (χ3v) is 4.01. The molecule has 0 unspecified atom stereocenters. The molecule has 0 aliphatic carbocycles. The van der Waals surface area contributed by atoms with E-state index < -0.39 is 0 Å². The largest absolute Gasteiger partial charge is 0.365 e. The summed E-state index contributed by atoms with van der Waals surface area (Å²) in [6, 6.07) is 11.5. The second-order valence-corrected chi connectivity index (χ2v) is 5.61. The lowest BCUT2D eigenvalue weighted by Gasteiger charge is -2.10. The molecule has 0 spiro atoms. The van der Waals surface area contributed by atoms with Crippen LogP contribution in [-0.2, 0) is 6.54 Å². The Morgan fingerprint density at radius 2 is 1.81 bits per heavy atom. The Kier molecular flexibility index (Phi) is 4.15. The average Bonchev–Trinajstić information content (AvgIpc) is 2.49. The number of benzene rings is 1. The zero-order valence-electron chi connectivity index (χ0n) is 10.8. The first-order valence-corrected chi connectivity index (χ1v) is 7.36. The molecule has 3 rings (SSSR count). The van der Waals surface area contributed by atoms with Crippen LogP contribution >= 0.6 is 34.8 Å². The van der Waals surface area contributed by atoms with Crippen LogP contribution in [0.3, 0.4) is 0 Å². The third-order valence-electron chi connectivity index (χ3n) is 3.05. The molecular weight excluding hydrogens is 329 g/mol. The molecule has 1 aromatic carbocycles. The van der Waals surface area contributed by atoms with Crippen LogP contribution in [0.4, 0.5) is 5.82 Å². The minimum Gasteiger partial charge on any atom is -0.365 e. The summed E-state index contributed by atoms with van der Waals surface area (Å²) in [5.41, 5.74) is 2.00. The van der Waals surface area contributed by atoms with E-state index in [0.717, 1.165) is 16.5 Å². The zero-order valence-corrected chi connectivity index (χ0v) is 13.0. The summed E-state index contributed by atoms with van der Waals surface area (Å²) >= 11 is 17.9. The molecular formula is C15H10Cl3N3. The second-order valence-electron chi connectivity index (χ2n) is 4.44. The number of nitrogens with zero attached hydrogens (tertiary/aromatic N) is 2. The fourth-order valence-corrected chi connectivity index (χ4v) is 2.62. The molecule has 0 aliphatic heterocycles. The van der Waals surface area contributed by atoms with Crippen molar-refractivity contribution in [2.24, 2.45) is 0 Å². The number of hydrogen-bond acceptors (Lipinski definition) is 3. The van der Waals surface area contributed by atoms with E-state index in [1.165, 1.54) is 0 Å². The molecule has 21 heavy (non-hydrogen) atoms. The van der Waals surface area contributed by atoms with E-state index >= 15 is 0 Å². The summed E-state index contributed by atoms with van der Waals surface area (Å²) in [6.07, 6.45) is 1.77. The maximum Gasteiger partial charge on any atom is 0.150 e. The van der Waals surface area contributed by atoms with Crippen LogP contribution in [-0.4, -0.2) is 9.97 Å². The summed E-state index contributed by atoms with van der Waals surface area (Å²) in [5, 5.41) is 5.23. The van der Waals surface area contributed by atoms with Gasteiger partial charge in [-0.1, -0.05) is 59.1 Å². The van der Waals surface area contributed by atoms with E-state index in [2.05, 4.69) is 15.3 Å². The predicted molar refractivity (Wildman–Crippen MR) is 88.3 cm³/mol. The second kappa shape index (κ2) is 6.06. The molecule has 0 atom stereocenters. The van der Waals surface area contributed by atoms with Crippen molar-refractivity contribution in [3.63, 3.8) is 0 Å². The fraction of sp³-hybridized carbons (Fsp3) is 0.0667. The van der Waals surface area contributed by atoms with Gasteiger partial charge < -0.3 is 5.32 Å². The van der Waals surface area contributed by atoms with Crippen molar-refractivity contribution >= 4 is 51.5 Å².